The third-order valence-electron chi connectivity index (χ3n) is 10.4. The first kappa shape index (κ1) is 40.0. The van der Waals surface area contributed by atoms with Crippen LogP contribution in [0.5, 0.6) is 0 Å². The Morgan fingerprint density at radius 2 is 0.980 bits per heavy atom. The summed E-state index contributed by atoms with van der Waals surface area (Å²) < 4.78 is 0. The molecular formula is C47H56Cl2SiZr-2. The molecule has 0 N–H and O–H groups in total. The van der Waals surface area contributed by atoms with E-state index < -0.39 is 18.0 Å². The molecule has 0 radical (unpaired) electrons. The van der Waals surface area contributed by atoms with E-state index in [1.807, 2.05) is 0 Å². The molecule has 1 fully saturated rings. The van der Waals surface area contributed by atoms with Gasteiger partial charge in [0.25, 0.3) is 0 Å². The number of halogens is 2. The third kappa shape index (κ3) is 10.5. The molecule has 0 amide bonds. The van der Waals surface area contributed by atoms with E-state index in [1.165, 1.54) is 98.2 Å². The van der Waals surface area contributed by atoms with Crippen molar-refractivity contribution >= 4 is 44.0 Å². The number of fused-ring (bicyclic) bond motifs is 2. The van der Waals surface area contributed by atoms with Gasteiger partial charge in [-0.05, 0) is 33.1 Å². The second-order valence-electron chi connectivity index (χ2n) is 16.6. The molecule has 0 unspecified atom stereocenters. The van der Waals surface area contributed by atoms with Crippen molar-refractivity contribution in [3.63, 3.8) is 0 Å². The average Bonchev–Trinajstić information content (AvgIpc) is 3.69. The zero-order chi connectivity index (χ0) is 36.9. The van der Waals surface area contributed by atoms with E-state index in [1.54, 1.807) is 0 Å². The Balaban J connectivity index is 0.000000155. The summed E-state index contributed by atoms with van der Waals surface area (Å²) in [4.78, 5) is 0. The molecule has 7 rings (SSSR count). The van der Waals surface area contributed by atoms with Crippen molar-refractivity contribution in [3.8, 4) is 22.3 Å². The third-order valence-corrected chi connectivity index (χ3v) is 30.8. The Labute approximate surface area is 323 Å². The summed E-state index contributed by atoms with van der Waals surface area (Å²) in [6.45, 7) is 20.2. The predicted octanol–water partition coefficient (Wildman–Crippen LogP) is 15.5. The van der Waals surface area contributed by atoms with Crippen molar-refractivity contribution in [2.75, 3.05) is 0 Å². The van der Waals surface area contributed by atoms with Gasteiger partial charge in [0, 0.05) is 0 Å². The van der Waals surface area contributed by atoms with Crippen LogP contribution in [0.1, 0.15) is 95.9 Å². The van der Waals surface area contributed by atoms with E-state index >= 15 is 0 Å². The Hall–Kier alpha value is -2.22. The van der Waals surface area contributed by atoms with Gasteiger partial charge >= 0.3 is 84.6 Å². The zero-order valence-corrected chi connectivity index (χ0v) is 37.2. The minimum absolute atomic E-state index is 0.210. The number of aryl methyl sites for hydroxylation is 2. The van der Waals surface area contributed by atoms with E-state index in [-0.39, 0.29) is 16.3 Å². The Kier molecular flexibility index (Phi) is 13.5. The summed E-state index contributed by atoms with van der Waals surface area (Å²) in [6.07, 6.45) is 7.14. The molecule has 0 aliphatic heterocycles. The van der Waals surface area contributed by atoms with Gasteiger partial charge in [-0.15, -0.1) is 69.1 Å². The van der Waals surface area contributed by atoms with Gasteiger partial charge in [-0.1, -0.05) is 127 Å². The number of rotatable bonds is 3. The summed E-state index contributed by atoms with van der Waals surface area (Å²) in [5.41, 5.74) is 11.8. The minimum Gasteiger partial charge on any atom is -0.165 e. The van der Waals surface area contributed by atoms with Crippen molar-refractivity contribution in [3.05, 3.63) is 131 Å². The summed E-state index contributed by atoms with van der Waals surface area (Å²) in [5.74, 6) is 0. The van der Waals surface area contributed by atoms with Gasteiger partial charge in [0.2, 0.25) is 0 Å². The largest absolute Gasteiger partial charge is 0.165 e. The molecule has 1 aliphatic carbocycles. The molecule has 0 saturated heterocycles. The molecule has 6 aromatic rings. The normalized spacial score (nSPS) is 13.7. The molecule has 1 aliphatic rings. The van der Waals surface area contributed by atoms with Crippen molar-refractivity contribution in [1.82, 2.24) is 0 Å². The molecule has 0 bridgehead atoms. The minimum atomic E-state index is -1.80. The van der Waals surface area contributed by atoms with Gasteiger partial charge in [0.05, 0.1) is 0 Å². The fraction of sp³-hybridized carbons (Fsp3) is 0.362. The molecule has 1 saturated carbocycles. The van der Waals surface area contributed by atoms with Crippen molar-refractivity contribution in [2.24, 2.45) is 0 Å². The van der Waals surface area contributed by atoms with Gasteiger partial charge in [-0.25, -0.2) is 0 Å². The average molecular weight is 811 g/mol. The van der Waals surface area contributed by atoms with Gasteiger partial charge in [-0.2, -0.15) is 12.1 Å². The maximum absolute atomic E-state index is 6.07. The van der Waals surface area contributed by atoms with Crippen LogP contribution in [-0.2, 0) is 28.8 Å². The molecule has 0 aromatic heterocycles. The molecule has 268 valence electrons. The SMILES string of the molecule is C[Si](C1CCCCC1)=[Zr]([Cl])[Cl].Cc1cc2c(-c3ccc(C(C)(C)C)cc3)cccc2[cH-]1.Cc1cc2c(-c3ccc(C(C)(C)C)cc3)cccc2[cH-]1. The summed E-state index contributed by atoms with van der Waals surface area (Å²) in [5, 5.41) is 5.38. The number of hydrogen-bond acceptors (Lipinski definition) is 0. The molecule has 0 nitrogen and oxygen atoms in total. The van der Waals surface area contributed by atoms with Gasteiger partial charge in [0.1, 0.15) is 0 Å². The van der Waals surface area contributed by atoms with Crippen LogP contribution >= 0.6 is 17.0 Å². The molecule has 6 aromatic carbocycles. The van der Waals surface area contributed by atoms with Crippen molar-refractivity contribution in [2.45, 2.75) is 110 Å². The van der Waals surface area contributed by atoms with E-state index in [4.69, 9.17) is 17.0 Å². The fourth-order valence-corrected chi connectivity index (χ4v) is 18.7. The summed E-state index contributed by atoms with van der Waals surface area (Å²) in [6, 6.07) is 40.2. The van der Waals surface area contributed by atoms with Crippen LogP contribution in [0.2, 0.25) is 12.1 Å². The molecular weight excluding hydrogens is 755 g/mol. The van der Waals surface area contributed by atoms with Crippen LogP contribution < -0.4 is 0 Å². The van der Waals surface area contributed by atoms with Crippen LogP contribution in [0.3, 0.4) is 0 Å². The van der Waals surface area contributed by atoms with Gasteiger partial charge in [0.15, 0.2) is 0 Å². The van der Waals surface area contributed by atoms with Crippen molar-refractivity contribution in [1.29, 1.82) is 0 Å². The van der Waals surface area contributed by atoms with Crippen LogP contribution in [0.4, 0.5) is 0 Å². The monoisotopic (exact) mass is 808 g/mol. The van der Waals surface area contributed by atoms with Gasteiger partial charge in [-0.3, -0.25) is 0 Å². The van der Waals surface area contributed by atoms with E-state index in [0.29, 0.717) is 0 Å². The first-order valence-corrected chi connectivity index (χ1v) is 30.8. The van der Waals surface area contributed by atoms with E-state index in [0.717, 1.165) is 5.54 Å². The molecule has 51 heavy (non-hydrogen) atoms. The topological polar surface area (TPSA) is 0 Å². The Morgan fingerprint density at radius 3 is 1.33 bits per heavy atom. The summed E-state index contributed by atoms with van der Waals surface area (Å²) >= 11 is -1.80. The second kappa shape index (κ2) is 17.3. The zero-order valence-electron chi connectivity index (χ0n) is 32.3. The van der Waals surface area contributed by atoms with E-state index in [2.05, 4.69) is 171 Å². The first-order valence-electron chi connectivity index (χ1n) is 18.7. The van der Waals surface area contributed by atoms with Crippen molar-refractivity contribution < 1.29 is 18.0 Å². The smallest absolute Gasteiger partial charge is 0.0132 e. The maximum atomic E-state index is 6.07. The summed E-state index contributed by atoms with van der Waals surface area (Å²) in [7, 11) is 12.1. The molecule has 0 atom stereocenters. The standard InChI is InChI=1S/2C20H21.C7H14Si.2ClH.Zr/c2*1-14-12-16-6-5-7-18(19(16)13-14)15-8-10-17(11-9-15)20(2,3)4;1-8-7-5-3-2-4-6-7;;;/h2*5-13H,1-4H3;7H,2-6H2,1H3;2*1H;/q2*-1;;;;+2/p-2. The molecule has 0 spiro atoms. The van der Waals surface area contributed by atoms with Crippen LogP contribution in [0, 0.1) is 13.8 Å². The van der Waals surface area contributed by atoms with Crippen LogP contribution in [0.15, 0.2) is 109 Å². The fourth-order valence-electron chi connectivity index (χ4n) is 7.26. The molecule has 0 heterocycles. The molecule has 4 heteroatoms. The quantitative estimate of drug-likeness (QED) is 0.123. The Bertz CT molecular complexity index is 1940. The predicted molar refractivity (Wildman–Crippen MR) is 227 cm³/mol. The first-order chi connectivity index (χ1) is 24.1. The number of benzene rings is 4. The van der Waals surface area contributed by atoms with Crippen LogP contribution in [-0.4, -0.2) is 5.43 Å². The van der Waals surface area contributed by atoms with E-state index in [9.17, 15) is 0 Å². The Morgan fingerprint density at radius 1 is 0.588 bits per heavy atom. The maximum Gasteiger partial charge on any atom is -0.0132 e. The van der Waals surface area contributed by atoms with Crippen LogP contribution in [0.25, 0.3) is 43.8 Å². The second-order valence-corrected chi connectivity index (χ2v) is 38.2. The number of hydrogen-bond donors (Lipinski definition) is 0. The van der Waals surface area contributed by atoms with Gasteiger partial charge < -0.3 is 0 Å².